The summed E-state index contributed by atoms with van der Waals surface area (Å²) in [6, 6.07) is 15.9. The molecule has 5 aromatic rings. The second kappa shape index (κ2) is 13.6. The molecule has 6 rings (SSSR count). The van der Waals surface area contributed by atoms with E-state index in [0.717, 1.165) is 25.1 Å². The van der Waals surface area contributed by atoms with Crippen molar-refractivity contribution in [2.24, 2.45) is 0 Å². The average Bonchev–Trinajstić information content (AvgIpc) is 3.71. The summed E-state index contributed by atoms with van der Waals surface area (Å²) in [4.78, 5) is 17.3. The van der Waals surface area contributed by atoms with Gasteiger partial charge in [0, 0.05) is 29.9 Å². The number of nitrogens with zero attached hydrogens (tertiary/aromatic N) is 6. The third-order valence-electron chi connectivity index (χ3n) is 8.43. The number of carbonyl (C=O) groups is 1. The first-order valence-electron chi connectivity index (χ1n) is 15.6. The van der Waals surface area contributed by atoms with Crippen LogP contribution in [0.25, 0.3) is 33.7 Å². The Morgan fingerprint density at radius 1 is 1.06 bits per heavy atom. The number of urea groups is 1. The Labute approximate surface area is 269 Å². The molecule has 13 heteroatoms. The molecule has 2 aromatic carbocycles. The SMILES string of the molecule is Cc1c(-c2ccnn2-c2ccc(C#N)cc2)cn2nc(NC(=O)NCCCNC3CCCCC3)nc2c1-c1cccc(C(F)(F)F)c1. The van der Waals surface area contributed by atoms with E-state index in [-0.39, 0.29) is 11.6 Å². The number of pyridine rings is 1. The number of fused-ring (bicyclic) bond motifs is 1. The minimum atomic E-state index is -4.55. The number of anilines is 1. The highest BCUT2D eigenvalue weighted by atomic mass is 19.4. The minimum absolute atomic E-state index is 0.00760. The Hall–Kier alpha value is -5.22. The van der Waals surface area contributed by atoms with Gasteiger partial charge >= 0.3 is 12.2 Å². The highest BCUT2D eigenvalue weighted by Gasteiger charge is 2.31. The first-order chi connectivity index (χ1) is 22.7. The van der Waals surface area contributed by atoms with Crippen molar-refractivity contribution in [3.8, 4) is 34.1 Å². The van der Waals surface area contributed by atoms with Gasteiger partial charge in [0.2, 0.25) is 0 Å². The van der Waals surface area contributed by atoms with Crippen LogP contribution in [-0.2, 0) is 6.18 Å². The highest BCUT2D eigenvalue weighted by Crippen LogP contribution is 2.38. The van der Waals surface area contributed by atoms with Gasteiger partial charge in [0.1, 0.15) is 0 Å². The van der Waals surface area contributed by atoms with Crippen LogP contribution in [0.1, 0.15) is 55.2 Å². The van der Waals surface area contributed by atoms with E-state index < -0.39 is 17.8 Å². The van der Waals surface area contributed by atoms with E-state index >= 15 is 0 Å². The van der Waals surface area contributed by atoms with E-state index in [2.05, 4.69) is 37.2 Å². The van der Waals surface area contributed by atoms with Crippen LogP contribution in [0.2, 0.25) is 0 Å². The van der Waals surface area contributed by atoms with Crippen LogP contribution in [0.5, 0.6) is 0 Å². The Morgan fingerprint density at radius 3 is 2.60 bits per heavy atom. The monoisotopic (exact) mass is 641 g/mol. The predicted molar refractivity (Wildman–Crippen MR) is 172 cm³/mol. The first kappa shape index (κ1) is 31.7. The van der Waals surface area contributed by atoms with Crippen molar-refractivity contribution in [3.05, 3.63) is 83.7 Å². The van der Waals surface area contributed by atoms with Crippen LogP contribution in [0, 0.1) is 18.3 Å². The Kier molecular flexibility index (Phi) is 9.22. The highest BCUT2D eigenvalue weighted by molar-refractivity contribution is 5.90. The van der Waals surface area contributed by atoms with Crippen molar-refractivity contribution in [2.75, 3.05) is 18.4 Å². The molecule has 10 nitrogen and oxygen atoms in total. The number of hydrogen-bond donors (Lipinski definition) is 3. The summed E-state index contributed by atoms with van der Waals surface area (Å²) in [5.41, 5.74) is 3.31. The van der Waals surface area contributed by atoms with Gasteiger partial charge in [0.25, 0.3) is 5.95 Å². The molecule has 1 fully saturated rings. The molecule has 3 aromatic heterocycles. The van der Waals surface area contributed by atoms with E-state index in [9.17, 15) is 23.2 Å². The molecule has 0 unspecified atom stereocenters. The number of amides is 2. The van der Waals surface area contributed by atoms with E-state index in [1.165, 1.54) is 42.7 Å². The van der Waals surface area contributed by atoms with Crippen LogP contribution in [0.3, 0.4) is 0 Å². The normalized spacial score (nSPS) is 13.9. The number of benzene rings is 2. The number of rotatable bonds is 9. The molecule has 1 aliphatic carbocycles. The smallest absolute Gasteiger partial charge is 0.338 e. The van der Waals surface area contributed by atoms with Crippen LogP contribution in [-0.4, -0.2) is 49.5 Å². The summed E-state index contributed by atoms with van der Waals surface area (Å²) in [7, 11) is 0. The zero-order chi connectivity index (χ0) is 33.0. The summed E-state index contributed by atoms with van der Waals surface area (Å²) in [5.74, 6) is 0.00760. The average molecular weight is 642 g/mol. The fraction of sp³-hybridized carbons (Fsp3) is 0.324. The summed E-state index contributed by atoms with van der Waals surface area (Å²) in [5, 5.41) is 27.2. The van der Waals surface area contributed by atoms with E-state index in [4.69, 9.17) is 0 Å². The van der Waals surface area contributed by atoms with Gasteiger partial charge in [-0.15, -0.1) is 5.10 Å². The zero-order valence-electron chi connectivity index (χ0n) is 25.8. The quantitative estimate of drug-likeness (QED) is 0.151. The number of aromatic nitrogens is 5. The van der Waals surface area contributed by atoms with Gasteiger partial charge in [-0.1, -0.05) is 31.4 Å². The summed E-state index contributed by atoms with van der Waals surface area (Å²) in [6.45, 7) is 3.06. The van der Waals surface area contributed by atoms with Crippen LogP contribution in [0.15, 0.2) is 67.0 Å². The lowest BCUT2D eigenvalue weighted by Crippen LogP contribution is -2.35. The van der Waals surface area contributed by atoms with E-state index in [1.54, 1.807) is 60.4 Å². The lowest BCUT2D eigenvalue weighted by atomic mass is 9.95. The van der Waals surface area contributed by atoms with Crippen molar-refractivity contribution in [3.63, 3.8) is 0 Å². The summed E-state index contributed by atoms with van der Waals surface area (Å²) < 4.78 is 44.4. The minimum Gasteiger partial charge on any atom is -0.338 e. The van der Waals surface area contributed by atoms with Gasteiger partial charge in [-0.05, 0) is 86.3 Å². The Morgan fingerprint density at radius 2 is 1.85 bits per heavy atom. The second-order valence-electron chi connectivity index (χ2n) is 11.6. The number of carbonyl (C=O) groups excluding carboxylic acids is 1. The third-order valence-corrected chi connectivity index (χ3v) is 8.43. The molecule has 47 heavy (non-hydrogen) atoms. The lowest BCUT2D eigenvalue weighted by molar-refractivity contribution is -0.137. The zero-order valence-corrected chi connectivity index (χ0v) is 25.8. The van der Waals surface area contributed by atoms with E-state index in [0.29, 0.717) is 51.8 Å². The molecule has 0 spiro atoms. The molecule has 0 atom stereocenters. The third kappa shape index (κ3) is 7.12. The van der Waals surface area contributed by atoms with Crippen LogP contribution >= 0.6 is 0 Å². The van der Waals surface area contributed by atoms with Gasteiger partial charge in [-0.3, -0.25) is 5.32 Å². The number of alkyl halides is 3. The van der Waals surface area contributed by atoms with Crippen molar-refractivity contribution < 1.29 is 18.0 Å². The van der Waals surface area contributed by atoms with Crippen molar-refractivity contribution in [1.29, 1.82) is 5.26 Å². The van der Waals surface area contributed by atoms with Gasteiger partial charge < -0.3 is 10.6 Å². The van der Waals surface area contributed by atoms with Crippen LogP contribution in [0.4, 0.5) is 23.9 Å². The molecule has 0 radical (unpaired) electrons. The number of nitrogens with one attached hydrogen (secondary N) is 3. The fourth-order valence-corrected chi connectivity index (χ4v) is 6.05. The summed E-state index contributed by atoms with van der Waals surface area (Å²) in [6.07, 6.45) is 5.72. The van der Waals surface area contributed by atoms with Gasteiger partial charge in [-0.25, -0.2) is 14.0 Å². The molecule has 0 bridgehead atoms. The van der Waals surface area contributed by atoms with Crippen LogP contribution < -0.4 is 16.0 Å². The maximum atomic E-state index is 13.8. The maximum Gasteiger partial charge on any atom is 0.416 e. The molecule has 1 saturated carbocycles. The van der Waals surface area contributed by atoms with Gasteiger partial charge in [-0.2, -0.15) is 28.5 Å². The molecule has 3 N–H and O–H groups in total. The number of nitriles is 1. The Balaban J connectivity index is 1.31. The molecule has 0 saturated heterocycles. The molecule has 3 heterocycles. The predicted octanol–water partition coefficient (Wildman–Crippen LogP) is 6.88. The fourth-order valence-electron chi connectivity index (χ4n) is 6.05. The first-order valence-corrected chi connectivity index (χ1v) is 15.6. The molecule has 242 valence electrons. The molecular formula is C34H34F3N9O. The molecule has 0 aliphatic heterocycles. The lowest BCUT2D eigenvalue weighted by Gasteiger charge is -2.22. The maximum absolute atomic E-state index is 13.8. The van der Waals surface area contributed by atoms with Gasteiger partial charge in [0.05, 0.1) is 34.8 Å². The molecule has 1 aliphatic rings. The number of halogens is 3. The summed E-state index contributed by atoms with van der Waals surface area (Å²) >= 11 is 0. The molecule has 2 amide bonds. The van der Waals surface area contributed by atoms with Crippen molar-refractivity contribution in [1.82, 2.24) is 35.0 Å². The topological polar surface area (TPSA) is 125 Å². The standard InChI is InChI=1S/C34H34F3N9O/c1-22-28(29-15-18-41-46(29)27-13-11-23(20-38)12-14-27)21-45-31(30(22)24-7-5-8-25(19-24)34(35,36)37)42-32(44-45)43-33(47)40-17-6-16-39-26-9-3-2-4-10-26/h5,7-8,11-15,18-19,21,26,39H,2-4,6,9-10,16-17H2,1H3,(H2,40,43,44,47). The van der Waals surface area contributed by atoms with Crippen molar-refractivity contribution in [2.45, 2.75) is 57.7 Å². The van der Waals surface area contributed by atoms with Gasteiger partial charge in [0.15, 0.2) is 5.65 Å². The van der Waals surface area contributed by atoms with Crippen molar-refractivity contribution >= 4 is 17.6 Å². The Bertz CT molecular complexity index is 1920. The second-order valence-corrected chi connectivity index (χ2v) is 11.6. The largest absolute Gasteiger partial charge is 0.416 e. The van der Waals surface area contributed by atoms with E-state index in [1.807, 2.05) is 0 Å². The molecular weight excluding hydrogens is 607 g/mol. The number of hydrogen-bond acceptors (Lipinski definition) is 6.